The maximum atomic E-state index is 12.8. The van der Waals surface area contributed by atoms with Gasteiger partial charge in [0.1, 0.15) is 0 Å². The van der Waals surface area contributed by atoms with Gasteiger partial charge in [0, 0.05) is 22.3 Å². The summed E-state index contributed by atoms with van der Waals surface area (Å²) in [6.07, 6.45) is 0. The van der Waals surface area contributed by atoms with E-state index in [0.29, 0.717) is 30.0 Å². The molecule has 1 aliphatic heterocycles. The Labute approximate surface area is 188 Å². The first-order valence-corrected chi connectivity index (χ1v) is 11.7. The molecular formula is C20H21IN2O6S. The van der Waals surface area contributed by atoms with Gasteiger partial charge in [-0.05, 0) is 59.3 Å². The fraction of sp³-hybridized carbons (Fsp3) is 0.300. The molecule has 1 amide bonds. The normalized spacial score (nSPS) is 14.9. The number of rotatable bonds is 6. The van der Waals surface area contributed by atoms with Crippen LogP contribution >= 0.6 is 22.6 Å². The Morgan fingerprint density at radius 3 is 2.57 bits per heavy atom. The third kappa shape index (κ3) is 5.36. The Balaban J connectivity index is 1.67. The predicted molar refractivity (Wildman–Crippen MR) is 119 cm³/mol. The van der Waals surface area contributed by atoms with Crippen LogP contribution in [-0.2, 0) is 24.3 Å². The summed E-state index contributed by atoms with van der Waals surface area (Å²) in [5.74, 6) is -1.16. The van der Waals surface area contributed by atoms with Crippen LogP contribution in [0.25, 0.3) is 0 Å². The Morgan fingerprint density at radius 2 is 1.87 bits per heavy atom. The summed E-state index contributed by atoms with van der Waals surface area (Å²) >= 11 is 2.01. The Hall–Kier alpha value is -2.02. The number of aryl methyl sites for hydroxylation is 1. The lowest BCUT2D eigenvalue weighted by Gasteiger charge is -2.26. The molecule has 8 nitrogen and oxygen atoms in total. The van der Waals surface area contributed by atoms with Crippen molar-refractivity contribution in [2.24, 2.45) is 0 Å². The summed E-state index contributed by atoms with van der Waals surface area (Å²) in [6, 6.07) is 11.4. The maximum absolute atomic E-state index is 12.8. The number of morpholine rings is 1. The van der Waals surface area contributed by atoms with Crippen LogP contribution in [0.3, 0.4) is 0 Å². The van der Waals surface area contributed by atoms with Crippen LogP contribution in [0.4, 0.5) is 5.69 Å². The zero-order valence-corrected chi connectivity index (χ0v) is 19.2. The molecule has 0 bridgehead atoms. The molecule has 0 aromatic heterocycles. The van der Waals surface area contributed by atoms with Gasteiger partial charge in [-0.3, -0.25) is 4.79 Å². The standard InChI is InChI=1S/C20H21IN2O6S/c1-14-6-7-15(30(26,27)23-8-10-28-11-9-23)12-18(14)22-19(24)13-29-20(25)16-4-2-3-5-17(16)21/h2-7,12H,8-11,13H2,1H3,(H,22,24). The van der Waals surface area contributed by atoms with Crippen LogP contribution in [0, 0.1) is 10.5 Å². The molecule has 10 heteroatoms. The van der Waals surface area contributed by atoms with Gasteiger partial charge in [-0.15, -0.1) is 0 Å². The molecule has 2 aromatic carbocycles. The van der Waals surface area contributed by atoms with Crippen molar-refractivity contribution in [3.05, 3.63) is 57.2 Å². The van der Waals surface area contributed by atoms with E-state index in [4.69, 9.17) is 9.47 Å². The number of sulfonamides is 1. The van der Waals surface area contributed by atoms with Crippen LogP contribution in [-0.4, -0.2) is 57.5 Å². The number of benzene rings is 2. The number of halogens is 1. The van der Waals surface area contributed by atoms with Gasteiger partial charge in [0.15, 0.2) is 6.61 Å². The highest BCUT2D eigenvalue weighted by atomic mass is 127. The maximum Gasteiger partial charge on any atom is 0.339 e. The van der Waals surface area contributed by atoms with Gasteiger partial charge in [-0.2, -0.15) is 4.31 Å². The van der Waals surface area contributed by atoms with Gasteiger partial charge < -0.3 is 14.8 Å². The lowest BCUT2D eigenvalue weighted by molar-refractivity contribution is -0.119. The molecule has 1 N–H and O–H groups in total. The Kier molecular flexibility index (Phi) is 7.45. The number of carbonyl (C=O) groups is 2. The predicted octanol–water partition coefficient (Wildman–Crippen LogP) is 2.42. The number of ether oxygens (including phenoxy) is 2. The fourth-order valence-electron chi connectivity index (χ4n) is 2.85. The zero-order valence-electron chi connectivity index (χ0n) is 16.3. The van der Waals surface area contributed by atoms with E-state index in [2.05, 4.69) is 5.32 Å². The highest BCUT2D eigenvalue weighted by Gasteiger charge is 2.27. The van der Waals surface area contributed by atoms with Crippen molar-refractivity contribution in [3.8, 4) is 0 Å². The summed E-state index contributed by atoms with van der Waals surface area (Å²) in [4.78, 5) is 24.5. The summed E-state index contributed by atoms with van der Waals surface area (Å²) in [6.45, 7) is 2.53. The van der Waals surface area contributed by atoms with Crippen LogP contribution in [0.1, 0.15) is 15.9 Å². The molecular weight excluding hydrogens is 523 g/mol. The molecule has 1 saturated heterocycles. The monoisotopic (exact) mass is 544 g/mol. The van der Waals surface area contributed by atoms with Crippen molar-refractivity contribution >= 4 is 50.2 Å². The van der Waals surface area contributed by atoms with E-state index in [9.17, 15) is 18.0 Å². The van der Waals surface area contributed by atoms with Gasteiger partial charge >= 0.3 is 5.97 Å². The number of carbonyl (C=O) groups excluding carboxylic acids is 2. The average Bonchev–Trinajstić information content (AvgIpc) is 2.74. The Morgan fingerprint density at radius 1 is 1.17 bits per heavy atom. The van der Waals surface area contributed by atoms with Gasteiger partial charge in [0.05, 0.1) is 23.7 Å². The minimum atomic E-state index is -3.69. The first-order valence-electron chi connectivity index (χ1n) is 9.19. The summed E-state index contributed by atoms with van der Waals surface area (Å²) in [7, 11) is -3.69. The molecule has 3 rings (SSSR count). The molecule has 0 aliphatic carbocycles. The second-order valence-corrected chi connectivity index (χ2v) is 9.70. The van der Waals surface area contributed by atoms with Crippen LogP contribution in [0.2, 0.25) is 0 Å². The highest BCUT2D eigenvalue weighted by Crippen LogP contribution is 2.23. The SMILES string of the molecule is Cc1ccc(S(=O)(=O)N2CCOCC2)cc1NC(=O)COC(=O)c1ccccc1I. The van der Waals surface area contributed by atoms with E-state index < -0.39 is 28.5 Å². The lowest BCUT2D eigenvalue weighted by Crippen LogP contribution is -2.40. The molecule has 0 saturated carbocycles. The van der Waals surface area contributed by atoms with Gasteiger partial charge in [0.25, 0.3) is 5.91 Å². The molecule has 0 atom stereocenters. The number of amides is 1. The minimum Gasteiger partial charge on any atom is -0.452 e. The molecule has 2 aromatic rings. The Bertz CT molecular complexity index is 1050. The number of hydrogen-bond acceptors (Lipinski definition) is 6. The van der Waals surface area contributed by atoms with Crippen molar-refractivity contribution < 1.29 is 27.5 Å². The average molecular weight is 544 g/mol. The van der Waals surface area contributed by atoms with E-state index >= 15 is 0 Å². The van der Waals surface area contributed by atoms with Crippen LogP contribution < -0.4 is 5.32 Å². The number of anilines is 1. The molecule has 0 spiro atoms. The van der Waals surface area contributed by atoms with Gasteiger partial charge in [-0.25, -0.2) is 13.2 Å². The third-order valence-corrected chi connectivity index (χ3v) is 7.35. The number of esters is 1. The van der Waals surface area contributed by atoms with Gasteiger partial charge in [-0.1, -0.05) is 18.2 Å². The second-order valence-electron chi connectivity index (χ2n) is 6.60. The third-order valence-electron chi connectivity index (χ3n) is 4.52. The van der Waals surface area contributed by atoms with Crippen LogP contribution in [0.5, 0.6) is 0 Å². The van der Waals surface area contributed by atoms with Gasteiger partial charge in [0.2, 0.25) is 10.0 Å². The molecule has 0 unspecified atom stereocenters. The van der Waals surface area contributed by atoms with Crippen molar-refractivity contribution in [3.63, 3.8) is 0 Å². The smallest absolute Gasteiger partial charge is 0.339 e. The molecule has 1 aliphatic rings. The minimum absolute atomic E-state index is 0.0844. The number of nitrogens with one attached hydrogen (secondary N) is 1. The topological polar surface area (TPSA) is 102 Å². The molecule has 30 heavy (non-hydrogen) atoms. The number of nitrogens with zero attached hydrogens (tertiary/aromatic N) is 1. The van der Waals surface area contributed by atoms with E-state index in [1.54, 1.807) is 37.3 Å². The van der Waals surface area contributed by atoms with E-state index in [-0.39, 0.29) is 18.0 Å². The van der Waals surface area contributed by atoms with Crippen molar-refractivity contribution in [1.29, 1.82) is 0 Å². The van der Waals surface area contributed by atoms with Crippen LogP contribution in [0.15, 0.2) is 47.4 Å². The molecule has 1 fully saturated rings. The first-order chi connectivity index (χ1) is 14.3. The highest BCUT2D eigenvalue weighted by molar-refractivity contribution is 14.1. The number of hydrogen-bond donors (Lipinski definition) is 1. The van der Waals surface area contributed by atoms with Crippen molar-refractivity contribution in [1.82, 2.24) is 4.31 Å². The van der Waals surface area contributed by atoms with E-state index in [1.807, 2.05) is 22.6 Å². The lowest BCUT2D eigenvalue weighted by atomic mass is 10.2. The molecule has 1 heterocycles. The summed E-state index contributed by atoms with van der Waals surface area (Å²) in [5.41, 5.74) is 1.41. The molecule has 160 valence electrons. The quantitative estimate of drug-likeness (QED) is 0.443. The largest absolute Gasteiger partial charge is 0.452 e. The summed E-state index contributed by atoms with van der Waals surface area (Å²) in [5, 5.41) is 2.62. The second kappa shape index (κ2) is 9.86. The van der Waals surface area contributed by atoms with E-state index in [0.717, 1.165) is 3.57 Å². The first kappa shape index (κ1) is 22.7. The van der Waals surface area contributed by atoms with Crippen molar-refractivity contribution in [2.75, 3.05) is 38.2 Å². The fourth-order valence-corrected chi connectivity index (χ4v) is 4.90. The van der Waals surface area contributed by atoms with Crippen molar-refractivity contribution in [2.45, 2.75) is 11.8 Å². The molecule has 0 radical (unpaired) electrons. The zero-order chi connectivity index (χ0) is 21.7. The summed E-state index contributed by atoms with van der Waals surface area (Å²) < 4.78 is 38.0. The van der Waals surface area contributed by atoms with E-state index in [1.165, 1.54) is 16.4 Å².